The van der Waals surface area contributed by atoms with E-state index >= 15 is 0 Å². The molecule has 24 heavy (non-hydrogen) atoms. The van der Waals surface area contributed by atoms with Crippen LogP contribution >= 0.6 is 11.6 Å². The van der Waals surface area contributed by atoms with Gasteiger partial charge in [0.15, 0.2) is 0 Å². The third kappa shape index (κ3) is 3.75. The van der Waals surface area contributed by atoms with Gasteiger partial charge in [-0.1, -0.05) is 23.7 Å². The summed E-state index contributed by atoms with van der Waals surface area (Å²) in [5.41, 5.74) is 9.85. The van der Waals surface area contributed by atoms with Gasteiger partial charge < -0.3 is 5.32 Å². The second kappa shape index (κ2) is 7.30. The van der Waals surface area contributed by atoms with E-state index in [1.165, 1.54) is 17.7 Å². The molecule has 3 N–H and O–H groups in total. The first-order valence-corrected chi connectivity index (χ1v) is 8.21. The van der Waals surface area contributed by atoms with Gasteiger partial charge in [-0.25, -0.2) is 4.39 Å². The van der Waals surface area contributed by atoms with Crippen molar-refractivity contribution in [2.45, 2.75) is 19.4 Å². The van der Waals surface area contributed by atoms with Crippen LogP contribution in [0.2, 0.25) is 5.02 Å². The Balaban J connectivity index is 1.67. The Kier molecular flexibility index (Phi) is 5.14. The molecule has 0 spiro atoms. The third-order valence-corrected chi connectivity index (χ3v) is 4.60. The van der Waals surface area contributed by atoms with Crippen molar-refractivity contribution < 1.29 is 9.18 Å². The Morgan fingerprint density at radius 1 is 1.25 bits per heavy atom. The van der Waals surface area contributed by atoms with Gasteiger partial charge in [0.1, 0.15) is 5.82 Å². The van der Waals surface area contributed by atoms with Crippen LogP contribution in [0.25, 0.3) is 0 Å². The lowest BCUT2D eigenvalue weighted by Crippen LogP contribution is -2.23. The highest BCUT2D eigenvalue weighted by Gasteiger charge is 2.19. The normalized spacial score (nSPS) is 14.8. The van der Waals surface area contributed by atoms with Crippen molar-refractivity contribution in [3.05, 3.63) is 69.5 Å². The molecule has 1 fully saturated rings. The molecular weight excluding hydrogens is 329 g/mol. The van der Waals surface area contributed by atoms with Gasteiger partial charge in [-0.2, -0.15) is 0 Å². The number of rotatable bonds is 4. The quantitative estimate of drug-likeness (QED) is 0.797. The lowest BCUT2D eigenvalue weighted by Gasteiger charge is -2.13. The second-order valence-corrected chi connectivity index (χ2v) is 6.36. The van der Waals surface area contributed by atoms with Crippen LogP contribution in [-0.2, 0) is 6.54 Å². The average molecular weight is 348 g/mol. The summed E-state index contributed by atoms with van der Waals surface area (Å²) in [6, 6.07) is 9.89. The van der Waals surface area contributed by atoms with Crippen molar-refractivity contribution >= 4 is 17.5 Å². The van der Waals surface area contributed by atoms with Crippen molar-refractivity contribution in [1.29, 1.82) is 0 Å². The van der Waals surface area contributed by atoms with E-state index in [-0.39, 0.29) is 12.5 Å². The fraction of sp³-hybridized carbons (Fsp3) is 0.278. The molecule has 0 bridgehead atoms. The maximum atomic E-state index is 13.0. The molecule has 4 nitrogen and oxygen atoms in total. The zero-order chi connectivity index (χ0) is 17.1. The molecule has 1 amide bonds. The molecule has 126 valence electrons. The van der Waals surface area contributed by atoms with Gasteiger partial charge in [-0.15, -0.1) is 0 Å². The molecule has 1 saturated heterocycles. The summed E-state index contributed by atoms with van der Waals surface area (Å²) in [6.45, 7) is 4.04. The molecule has 0 unspecified atom stereocenters. The van der Waals surface area contributed by atoms with Crippen molar-refractivity contribution in [2.75, 3.05) is 13.1 Å². The van der Waals surface area contributed by atoms with Gasteiger partial charge in [0, 0.05) is 36.1 Å². The molecular formula is C18H19ClFN3O. The van der Waals surface area contributed by atoms with E-state index in [2.05, 4.69) is 16.2 Å². The van der Waals surface area contributed by atoms with Crippen LogP contribution in [0.3, 0.4) is 0 Å². The fourth-order valence-corrected chi connectivity index (χ4v) is 3.13. The number of hydrogen-bond donors (Lipinski definition) is 3. The lowest BCUT2D eigenvalue weighted by atomic mass is 9.94. The molecule has 0 radical (unpaired) electrons. The second-order valence-electron chi connectivity index (χ2n) is 5.95. The predicted octanol–water partition coefficient (Wildman–Crippen LogP) is 2.91. The number of benzene rings is 2. The number of carbonyl (C=O) groups is 1. The van der Waals surface area contributed by atoms with Crippen LogP contribution in [0, 0.1) is 12.7 Å². The average Bonchev–Trinajstić information content (AvgIpc) is 3.08. The van der Waals surface area contributed by atoms with E-state index in [4.69, 9.17) is 11.6 Å². The Bertz CT molecular complexity index is 760. The zero-order valence-electron chi connectivity index (χ0n) is 13.3. The van der Waals surface area contributed by atoms with Crippen LogP contribution < -0.4 is 16.2 Å². The largest absolute Gasteiger partial charge is 0.348 e. The van der Waals surface area contributed by atoms with Gasteiger partial charge in [0.05, 0.1) is 0 Å². The molecule has 3 rings (SSSR count). The highest BCUT2D eigenvalue weighted by atomic mass is 35.5. The standard InChI is InChI=1S/C18H19ClFN3O/c1-11-6-12(3-5-16(11)14-9-22-23-10-14)18(24)21-8-13-2-4-15(20)7-17(13)19/h2-7,14,22-23H,8-10H2,1H3,(H,21,24). The molecule has 0 aliphatic carbocycles. The highest BCUT2D eigenvalue weighted by molar-refractivity contribution is 6.31. The molecule has 0 saturated carbocycles. The summed E-state index contributed by atoms with van der Waals surface area (Å²) < 4.78 is 13.0. The lowest BCUT2D eigenvalue weighted by molar-refractivity contribution is 0.0951. The first-order chi connectivity index (χ1) is 11.5. The molecule has 1 heterocycles. The van der Waals surface area contributed by atoms with E-state index in [0.717, 1.165) is 18.7 Å². The molecule has 1 aliphatic rings. The minimum atomic E-state index is -0.391. The molecule has 2 aromatic carbocycles. The van der Waals surface area contributed by atoms with Gasteiger partial charge in [0.25, 0.3) is 5.91 Å². The summed E-state index contributed by atoms with van der Waals surface area (Å²) in [4.78, 5) is 12.3. The van der Waals surface area contributed by atoms with Crippen molar-refractivity contribution in [2.24, 2.45) is 0 Å². The predicted molar refractivity (Wildman–Crippen MR) is 92.5 cm³/mol. The summed E-state index contributed by atoms with van der Waals surface area (Å²) in [7, 11) is 0. The summed E-state index contributed by atoms with van der Waals surface area (Å²) in [5.74, 6) is -0.148. The maximum absolute atomic E-state index is 13.0. The van der Waals surface area contributed by atoms with Crippen LogP contribution in [0.5, 0.6) is 0 Å². The van der Waals surface area contributed by atoms with E-state index in [9.17, 15) is 9.18 Å². The monoisotopic (exact) mass is 347 g/mol. The smallest absolute Gasteiger partial charge is 0.251 e. The minimum Gasteiger partial charge on any atom is -0.348 e. The van der Waals surface area contributed by atoms with Crippen molar-refractivity contribution in [3.8, 4) is 0 Å². The van der Waals surface area contributed by atoms with Gasteiger partial charge in [-0.05, 0) is 47.9 Å². The Hall–Kier alpha value is -1.95. The number of hydrazine groups is 1. The molecule has 0 aromatic heterocycles. The third-order valence-electron chi connectivity index (χ3n) is 4.25. The number of hydrogen-bond acceptors (Lipinski definition) is 3. The topological polar surface area (TPSA) is 53.2 Å². The first-order valence-electron chi connectivity index (χ1n) is 7.83. The summed E-state index contributed by atoms with van der Waals surface area (Å²) >= 11 is 5.97. The number of amides is 1. The molecule has 0 atom stereocenters. The van der Waals surface area contributed by atoms with Crippen LogP contribution in [-0.4, -0.2) is 19.0 Å². The van der Waals surface area contributed by atoms with Crippen LogP contribution in [0.4, 0.5) is 4.39 Å². The van der Waals surface area contributed by atoms with E-state index in [1.807, 2.05) is 25.1 Å². The molecule has 1 aliphatic heterocycles. The number of aryl methyl sites for hydroxylation is 1. The minimum absolute atomic E-state index is 0.173. The number of nitrogens with one attached hydrogen (secondary N) is 3. The zero-order valence-corrected chi connectivity index (χ0v) is 14.1. The van der Waals surface area contributed by atoms with E-state index in [1.54, 1.807) is 6.07 Å². The van der Waals surface area contributed by atoms with Gasteiger partial charge in [-0.3, -0.25) is 15.6 Å². The molecule has 2 aromatic rings. The Labute approximate surface area is 145 Å². The fourth-order valence-electron chi connectivity index (χ4n) is 2.90. The Morgan fingerprint density at radius 2 is 2.00 bits per heavy atom. The molecule has 6 heteroatoms. The highest BCUT2D eigenvalue weighted by Crippen LogP contribution is 2.22. The van der Waals surface area contributed by atoms with Crippen LogP contribution in [0.1, 0.15) is 33.0 Å². The van der Waals surface area contributed by atoms with E-state index in [0.29, 0.717) is 22.1 Å². The maximum Gasteiger partial charge on any atom is 0.251 e. The number of halogens is 2. The van der Waals surface area contributed by atoms with Gasteiger partial charge >= 0.3 is 0 Å². The SMILES string of the molecule is Cc1cc(C(=O)NCc2ccc(F)cc2Cl)ccc1C1CNNC1. The van der Waals surface area contributed by atoms with Crippen molar-refractivity contribution in [1.82, 2.24) is 16.2 Å². The summed E-state index contributed by atoms with van der Waals surface area (Å²) in [6.07, 6.45) is 0. The van der Waals surface area contributed by atoms with Gasteiger partial charge in [0.2, 0.25) is 0 Å². The van der Waals surface area contributed by atoms with E-state index < -0.39 is 5.82 Å². The van der Waals surface area contributed by atoms with Crippen LogP contribution in [0.15, 0.2) is 36.4 Å². The van der Waals surface area contributed by atoms with Crippen molar-refractivity contribution in [3.63, 3.8) is 0 Å². The first kappa shape index (κ1) is 16.9. The Morgan fingerprint density at radius 3 is 2.67 bits per heavy atom. The number of carbonyl (C=O) groups excluding carboxylic acids is 1. The summed E-state index contributed by atoms with van der Waals surface area (Å²) in [5, 5.41) is 3.13.